The molecule has 37 heteroatoms. The molecule has 6 aromatic heterocycles. The molecule has 0 radical (unpaired) electrons. The van der Waals surface area contributed by atoms with E-state index in [9.17, 15) is 56.4 Å². The fourth-order valence-corrected chi connectivity index (χ4v) is 12.8. The first-order valence-electron chi connectivity index (χ1n) is 24.0. The largest absolute Gasteiger partial charge is 0.511 e. The third-order valence-corrected chi connectivity index (χ3v) is 19.1. The number of aromatic nitrogens is 10. The van der Waals surface area contributed by atoms with Crippen molar-refractivity contribution < 1.29 is 98.6 Å². The van der Waals surface area contributed by atoms with Crippen molar-refractivity contribution in [1.82, 2.24) is 57.4 Å². The van der Waals surface area contributed by atoms with E-state index in [1.807, 2.05) is 18.3 Å². The van der Waals surface area contributed by atoms with Gasteiger partial charge in [-0.05, 0) is 75.6 Å². The average molecular weight is 1610 g/mol. The summed E-state index contributed by atoms with van der Waals surface area (Å²) in [4.78, 5) is 39.7. The maximum absolute atomic E-state index is 12.9. The molecule has 0 aromatic carbocycles. The minimum Gasteiger partial charge on any atom is -0.358 e. The zero-order valence-electron chi connectivity index (χ0n) is 44.2. The van der Waals surface area contributed by atoms with Crippen molar-refractivity contribution in [2.24, 2.45) is 11.8 Å². The Hall–Kier alpha value is -4.95. The first-order chi connectivity index (χ1) is 37.0. The SMILES string of the molecule is CS(=O)(=O)Cl.O=S(=O)(Cl)C1CC1.[C-]#[N+]CC1(n2cc(-c3cccc4nc(NC(=O)C5CC5)nn34)cn2)CN(S(=O)(=O)C(F)(F)F)C1.[C-]#[N+]CC1(n2cc(-c3cccc4nc(NC(=O)C5CC5)nn34)cn2)CN(S(=O)(=O)C2CC2)C1.[CH3-].[CH3-].[W].[W]. The third-order valence-electron chi connectivity index (χ3n) is 13.3. The molecule has 2 N–H and O–H groups in total. The van der Waals surface area contributed by atoms with Crippen LogP contribution in [0.4, 0.5) is 25.1 Å². The molecule has 6 aliphatic rings. The van der Waals surface area contributed by atoms with Gasteiger partial charge in [0.2, 0.25) is 64.9 Å². The van der Waals surface area contributed by atoms with Crippen LogP contribution < -0.4 is 10.6 Å². The molecule has 450 valence electrons. The molecule has 0 spiro atoms. The van der Waals surface area contributed by atoms with E-state index in [1.165, 1.54) is 25.9 Å². The first kappa shape index (κ1) is 68.8. The molecular formula is C46H53Cl2F3N16O10S4W2-2. The molecular weight excluding hydrogens is 1560 g/mol. The number of sulfonamides is 2. The molecule has 0 bridgehead atoms. The van der Waals surface area contributed by atoms with Gasteiger partial charge in [-0.2, -0.15) is 41.9 Å². The normalized spacial score (nSPS) is 18.2. The van der Waals surface area contributed by atoms with Crippen molar-refractivity contribution in [3.63, 3.8) is 0 Å². The fourth-order valence-electron chi connectivity index (χ4n) is 8.47. The summed E-state index contributed by atoms with van der Waals surface area (Å²) in [6, 6.07) is 10.7. The van der Waals surface area contributed by atoms with Gasteiger partial charge >= 0.3 is 15.5 Å². The Labute approximate surface area is 514 Å². The van der Waals surface area contributed by atoms with Crippen molar-refractivity contribution >= 4 is 94.5 Å². The van der Waals surface area contributed by atoms with Crippen LogP contribution in [0.5, 0.6) is 0 Å². The summed E-state index contributed by atoms with van der Waals surface area (Å²) in [6.07, 6.45) is 13.8. The molecule has 2 aliphatic heterocycles. The van der Waals surface area contributed by atoms with Crippen LogP contribution in [-0.2, 0) is 101 Å². The van der Waals surface area contributed by atoms with Gasteiger partial charge in [0.05, 0.1) is 40.5 Å². The minimum atomic E-state index is -5.49. The van der Waals surface area contributed by atoms with Gasteiger partial charge in [0, 0.05) is 125 Å². The summed E-state index contributed by atoms with van der Waals surface area (Å²) in [7, 11) is -5.71. The van der Waals surface area contributed by atoms with Gasteiger partial charge in [-0.25, -0.2) is 55.8 Å². The van der Waals surface area contributed by atoms with E-state index in [2.05, 4.69) is 61.4 Å². The monoisotopic (exact) mass is 1610 g/mol. The van der Waals surface area contributed by atoms with Crippen LogP contribution in [-0.4, -0.2) is 164 Å². The van der Waals surface area contributed by atoms with Gasteiger partial charge in [0.25, 0.3) is 0 Å². The predicted octanol–water partition coefficient (Wildman–Crippen LogP) is 4.88. The second-order valence-corrected chi connectivity index (χ2v) is 29.9. The smallest absolute Gasteiger partial charge is 0.358 e. The summed E-state index contributed by atoms with van der Waals surface area (Å²) in [5, 5.41) is 22.5. The number of alkyl halides is 3. The first-order valence-corrected chi connectivity index (χ1v) is 32.1. The summed E-state index contributed by atoms with van der Waals surface area (Å²) >= 11 is 0. The number of rotatable bonds is 14. The Bertz CT molecular complexity index is 3910. The van der Waals surface area contributed by atoms with Gasteiger partial charge in [-0.15, -0.1) is 10.2 Å². The zero-order chi connectivity index (χ0) is 57.1. The Kier molecular flexibility index (Phi) is 21.5. The second kappa shape index (κ2) is 25.9. The van der Waals surface area contributed by atoms with Gasteiger partial charge in [0.1, 0.15) is 0 Å². The quantitative estimate of drug-likeness (QED) is 0.108. The number of anilines is 2. The Balaban J connectivity index is 0.000000243. The Morgan fingerprint density at radius 1 is 0.651 bits per heavy atom. The molecule has 83 heavy (non-hydrogen) atoms. The molecule has 4 saturated carbocycles. The van der Waals surface area contributed by atoms with Crippen LogP contribution in [0.15, 0.2) is 61.2 Å². The van der Waals surface area contributed by atoms with Crippen LogP contribution in [0.2, 0.25) is 0 Å². The molecule has 26 nitrogen and oxygen atoms in total. The molecule has 12 rings (SSSR count). The van der Waals surface area contributed by atoms with Crippen LogP contribution >= 0.6 is 21.4 Å². The van der Waals surface area contributed by atoms with E-state index < -0.39 is 67.8 Å². The summed E-state index contributed by atoms with van der Waals surface area (Å²) in [5.74, 6) is 0.237. The van der Waals surface area contributed by atoms with Crippen LogP contribution in [0.1, 0.15) is 51.4 Å². The van der Waals surface area contributed by atoms with E-state index in [4.69, 9.17) is 23.8 Å². The van der Waals surface area contributed by atoms with E-state index in [1.54, 1.807) is 39.7 Å². The molecule has 6 aromatic rings. The molecule has 2 amide bonds. The summed E-state index contributed by atoms with van der Waals surface area (Å²) < 4.78 is 134. The molecule has 2 saturated heterocycles. The number of hydrogen-bond acceptors (Lipinski definition) is 16. The van der Waals surface area contributed by atoms with Crippen LogP contribution in [0.3, 0.4) is 0 Å². The van der Waals surface area contributed by atoms with Crippen molar-refractivity contribution in [1.29, 1.82) is 0 Å². The summed E-state index contributed by atoms with van der Waals surface area (Å²) in [5.41, 5.74) is -3.71. The van der Waals surface area contributed by atoms with Crippen LogP contribution in [0, 0.1) is 39.8 Å². The molecule has 8 heterocycles. The standard InChI is InChI=1S/C21H22N8O3S.C19H17F3N8O3S.C3H5ClO2S.CH3ClO2S.2CH3.2W/c1-22-11-21(12-27(13-21)33(31,32)16-7-8-16)28-10-15(9-23-28)17-3-2-4-18-24-20(26-29(17)18)25-19(30)14-5-6-14;1-23-9-18(10-28(11-18)34(32,33)19(20,21)22)29-8-13(7-24-29)14-3-2-4-15-25-17(27-30(14)15)26-16(31)12-5-6-12;4-7(5,6)3-1-2-3;1-5(2,3)4;;;;/h2-4,9-10,14,16H,5-8,11-13H2,(H,25,26,30);2-4,7-8,12H,5-6,9-11H2,(H,26,27,31);3H,1-2H2;1H3;2*1H3;;/q;;;;2*-1;;. The van der Waals surface area contributed by atoms with Gasteiger partial charge in [0.15, 0.2) is 22.4 Å². The van der Waals surface area contributed by atoms with Crippen molar-refractivity contribution in [3.05, 3.63) is 98.9 Å². The number of carbonyl (C=O) groups is 2. The van der Waals surface area contributed by atoms with Crippen LogP contribution in [0.25, 0.3) is 43.5 Å². The van der Waals surface area contributed by atoms with Crippen molar-refractivity contribution in [3.8, 4) is 22.5 Å². The zero-order valence-corrected chi connectivity index (χ0v) is 54.8. The van der Waals surface area contributed by atoms with E-state index in [0.29, 0.717) is 39.7 Å². The number of fused-ring (bicyclic) bond motifs is 2. The maximum atomic E-state index is 12.9. The van der Waals surface area contributed by atoms with Gasteiger partial charge in [-0.3, -0.25) is 29.6 Å². The topological polar surface area (TPSA) is 306 Å². The average Bonchev–Trinajstić information content (AvgIpc) is 3.57. The van der Waals surface area contributed by atoms with E-state index in [-0.39, 0.29) is 129 Å². The van der Waals surface area contributed by atoms with E-state index >= 15 is 0 Å². The predicted molar refractivity (Wildman–Crippen MR) is 291 cm³/mol. The number of pyridine rings is 2. The molecule has 6 fully saturated rings. The Morgan fingerprint density at radius 3 is 1.34 bits per heavy atom. The number of hydrogen-bond donors (Lipinski definition) is 2. The van der Waals surface area contributed by atoms with Crippen molar-refractivity contribution in [2.45, 2.75) is 78.5 Å². The number of amides is 2. The number of halogens is 5. The molecule has 4 aliphatic carbocycles. The maximum Gasteiger partial charge on any atom is 0.511 e. The summed E-state index contributed by atoms with van der Waals surface area (Å²) in [6.45, 7) is 13.9. The second-order valence-electron chi connectivity index (χ2n) is 19.8. The van der Waals surface area contributed by atoms with E-state index in [0.717, 1.165) is 56.0 Å². The fraction of sp³-hybridized carbons (Fsp3) is 0.478. The third kappa shape index (κ3) is 15.7. The number of nitrogens with one attached hydrogen (secondary N) is 2. The molecule has 0 atom stereocenters. The van der Waals surface area contributed by atoms with Gasteiger partial charge in [-0.1, -0.05) is 12.1 Å². The number of carbonyl (C=O) groups excluding carboxylic acids is 2. The van der Waals surface area contributed by atoms with Crippen molar-refractivity contribution in [2.75, 3.05) is 56.2 Å². The minimum absolute atomic E-state index is 0. The molecule has 0 unspecified atom stereocenters. The number of nitrogens with zero attached hydrogens (tertiary/aromatic N) is 14. The van der Waals surface area contributed by atoms with Gasteiger partial charge < -0.3 is 24.5 Å². The Morgan fingerprint density at radius 2 is 1.02 bits per heavy atom.